The standard InChI is InChI=1S/C27H31N3O3/c1-4-32-24-12-10-19-7-5-6-8-23(19)25(24)26(31)30-15-20-9-11-22(30)14-21(20)16-33-27-28-17(2)13-18(3)29-27/h5-8,10,12-13,20-22H,4,9,11,14-16H2,1-3H3. The third-order valence-electron chi connectivity index (χ3n) is 7.04. The number of aryl methyl sites for hydroxylation is 2. The van der Waals surface area contributed by atoms with E-state index in [0.29, 0.717) is 42.4 Å². The SMILES string of the molecule is CCOc1ccc2ccccc2c1C(=O)N1CC2CCC1CC2COc1nc(C)cc(C)n1. The molecule has 6 nitrogen and oxygen atoms in total. The number of fused-ring (bicyclic) bond motifs is 4. The smallest absolute Gasteiger partial charge is 0.316 e. The van der Waals surface area contributed by atoms with Gasteiger partial charge in [-0.05, 0) is 74.8 Å². The van der Waals surface area contributed by atoms with Gasteiger partial charge >= 0.3 is 6.01 Å². The average Bonchev–Trinajstić information content (AvgIpc) is 2.82. The quantitative estimate of drug-likeness (QED) is 0.536. The van der Waals surface area contributed by atoms with Crippen LogP contribution in [0.25, 0.3) is 10.8 Å². The summed E-state index contributed by atoms with van der Waals surface area (Å²) in [4.78, 5) is 24.8. The molecule has 2 aliphatic heterocycles. The van der Waals surface area contributed by atoms with Crippen LogP contribution in [0.15, 0.2) is 42.5 Å². The van der Waals surface area contributed by atoms with E-state index in [1.165, 1.54) is 0 Å². The summed E-state index contributed by atoms with van der Waals surface area (Å²) in [6.45, 7) is 7.76. The molecule has 1 aliphatic carbocycles. The molecule has 3 aromatic rings. The van der Waals surface area contributed by atoms with Gasteiger partial charge in [-0.1, -0.05) is 30.3 Å². The molecular weight excluding hydrogens is 414 g/mol. The highest BCUT2D eigenvalue weighted by Gasteiger charge is 2.43. The fourth-order valence-corrected chi connectivity index (χ4v) is 5.51. The van der Waals surface area contributed by atoms with Gasteiger partial charge in [-0.15, -0.1) is 0 Å². The Kier molecular flexibility index (Phi) is 5.92. The van der Waals surface area contributed by atoms with E-state index in [1.807, 2.05) is 63.2 Å². The number of ether oxygens (including phenoxy) is 2. The largest absolute Gasteiger partial charge is 0.493 e. The van der Waals surface area contributed by atoms with Gasteiger partial charge in [0, 0.05) is 24.0 Å². The van der Waals surface area contributed by atoms with E-state index < -0.39 is 0 Å². The van der Waals surface area contributed by atoms with Crippen molar-refractivity contribution < 1.29 is 14.3 Å². The van der Waals surface area contributed by atoms with Gasteiger partial charge in [0.25, 0.3) is 5.91 Å². The number of aromatic nitrogens is 2. The molecule has 6 rings (SSSR count). The normalized spacial score (nSPS) is 21.9. The predicted molar refractivity (Wildman–Crippen MR) is 128 cm³/mol. The van der Waals surface area contributed by atoms with Gasteiger partial charge in [0.05, 0.1) is 18.8 Å². The van der Waals surface area contributed by atoms with Crippen LogP contribution in [0, 0.1) is 25.7 Å². The molecule has 0 radical (unpaired) electrons. The van der Waals surface area contributed by atoms with E-state index >= 15 is 0 Å². The molecule has 0 spiro atoms. The first-order chi connectivity index (χ1) is 16.0. The van der Waals surface area contributed by atoms with Crippen LogP contribution >= 0.6 is 0 Å². The Hall–Kier alpha value is -3.15. The van der Waals surface area contributed by atoms with Crippen LogP contribution in [0.4, 0.5) is 0 Å². The van der Waals surface area contributed by atoms with E-state index in [2.05, 4.69) is 14.9 Å². The lowest BCUT2D eigenvalue weighted by Crippen LogP contribution is -2.55. The minimum absolute atomic E-state index is 0.0851. The summed E-state index contributed by atoms with van der Waals surface area (Å²) in [6, 6.07) is 14.7. The molecule has 1 aromatic heterocycles. The Morgan fingerprint density at radius 2 is 1.85 bits per heavy atom. The minimum Gasteiger partial charge on any atom is -0.493 e. The molecule has 3 heterocycles. The number of hydrogen-bond acceptors (Lipinski definition) is 5. The zero-order valence-corrected chi connectivity index (χ0v) is 19.6. The molecule has 3 fully saturated rings. The summed E-state index contributed by atoms with van der Waals surface area (Å²) in [5, 5.41) is 2.02. The van der Waals surface area contributed by atoms with Crippen molar-refractivity contribution >= 4 is 16.7 Å². The van der Waals surface area contributed by atoms with E-state index in [-0.39, 0.29) is 11.9 Å². The summed E-state index contributed by atoms with van der Waals surface area (Å²) in [6.07, 6.45) is 3.13. The molecule has 1 saturated carbocycles. The van der Waals surface area contributed by atoms with Gasteiger partial charge in [-0.25, -0.2) is 9.97 Å². The number of piperidine rings is 2. The van der Waals surface area contributed by atoms with E-state index in [1.54, 1.807) is 0 Å². The molecule has 172 valence electrons. The minimum atomic E-state index is 0.0851. The lowest BCUT2D eigenvalue weighted by molar-refractivity contribution is -0.00537. The summed E-state index contributed by atoms with van der Waals surface area (Å²) in [5.41, 5.74) is 2.53. The van der Waals surface area contributed by atoms with Gasteiger partial charge in [0.15, 0.2) is 0 Å². The van der Waals surface area contributed by atoms with Gasteiger partial charge in [0.2, 0.25) is 0 Å². The third kappa shape index (κ3) is 4.26. The van der Waals surface area contributed by atoms with Crippen LogP contribution < -0.4 is 9.47 Å². The fourth-order valence-electron chi connectivity index (χ4n) is 5.51. The van der Waals surface area contributed by atoms with Crippen LogP contribution in [0.2, 0.25) is 0 Å². The van der Waals surface area contributed by atoms with Crippen molar-refractivity contribution in [1.82, 2.24) is 14.9 Å². The highest BCUT2D eigenvalue weighted by atomic mass is 16.5. The van der Waals surface area contributed by atoms with Crippen LogP contribution in [-0.4, -0.2) is 46.6 Å². The monoisotopic (exact) mass is 445 g/mol. The molecule has 1 amide bonds. The van der Waals surface area contributed by atoms with Crippen LogP contribution in [0.3, 0.4) is 0 Å². The van der Waals surface area contributed by atoms with E-state index in [9.17, 15) is 4.79 Å². The lowest BCUT2D eigenvalue weighted by Gasteiger charge is -2.49. The van der Waals surface area contributed by atoms with Gasteiger partial charge < -0.3 is 14.4 Å². The Bertz CT molecular complexity index is 1160. The first-order valence-electron chi connectivity index (χ1n) is 11.9. The van der Waals surface area contributed by atoms with Crippen LogP contribution in [0.1, 0.15) is 47.9 Å². The number of rotatable bonds is 6. The van der Waals surface area contributed by atoms with Crippen LogP contribution in [0.5, 0.6) is 11.8 Å². The Balaban J connectivity index is 1.35. The van der Waals surface area contributed by atoms with Crippen molar-refractivity contribution in [2.45, 2.75) is 46.1 Å². The van der Waals surface area contributed by atoms with Crippen molar-refractivity contribution in [3.8, 4) is 11.8 Å². The number of amides is 1. The molecule has 6 heteroatoms. The maximum Gasteiger partial charge on any atom is 0.316 e. The summed E-state index contributed by atoms with van der Waals surface area (Å²) >= 11 is 0. The molecule has 3 aliphatic rings. The topological polar surface area (TPSA) is 64.5 Å². The molecule has 3 atom stereocenters. The van der Waals surface area contributed by atoms with Gasteiger partial charge in [-0.2, -0.15) is 0 Å². The second-order valence-electron chi connectivity index (χ2n) is 9.28. The van der Waals surface area contributed by atoms with Crippen molar-refractivity contribution in [3.63, 3.8) is 0 Å². The molecule has 2 aromatic carbocycles. The zero-order chi connectivity index (χ0) is 22.9. The average molecular weight is 446 g/mol. The third-order valence-corrected chi connectivity index (χ3v) is 7.04. The summed E-state index contributed by atoms with van der Waals surface area (Å²) in [5.74, 6) is 1.60. The van der Waals surface area contributed by atoms with Gasteiger partial charge in [0.1, 0.15) is 5.75 Å². The number of carbonyl (C=O) groups is 1. The van der Waals surface area contributed by atoms with Crippen LogP contribution in [-0.2, 0) is 0 Å². The molecule has 2 bridgehead atoms. The number of hydrogen-bond donors (Lipinski definition) is 0. The van der Waals surface area contributed by atoms with Crippen molar-refractivity contribution in [2.75, 3.05) is 19.8 Å². The van der Waals surface area contributed by atoms with Crippen molar-refractivity contribution in [2.24, 2.45) is 11.8 Å². The fraction of sp³-hybridized carbons (Fsp3) is 0.444. The maximum absolute atomic E-state index is 13.9. The van der Waals surface area contributed by atoms with Crippen molar-refractivity contribution in [3.05, 3.63) is 59.4 Å². The highest BCUT2D eigenvalue weighted by Crippen LogP contribution is 2.41. The first kappa shape index (κ1) is 21.7. The molecule has 0 N–H and O–H groups in total. The molecular formula is C27H31N3O3. The maximum atomic E-state index is 13.9. The molecule has 33 heavy (non-hydrogen) atoms. The van der Waals surface area contributed by atoms with Crippen molar-refractivity contribution in [1.29, 1.82) is 0 Å². The summed E-state index contributed by atoms with van der Waals surface area (Å²) < 4.78 is 11.9. The molecule has 3 unspecified atom stereocenters. The number of nitrogens with zero attached hydrogens (tertiary/aromatic N) is 3. The molecule has 2 saturated heterocycles. The number of carbonyl (C=O) groups excluding carboxylic acids is 1. The first-order valence-corrected chi connectivity index (χ1v) is 11.9. The number of benzene rings is 2. The Morgan fingerprint density at radius 3 is 2.58 bits per heavy atom. The predicted octanol–water partition coefficient (Wildman–Crippen LogP) is 4.97. The van der Waals surface area contributed by atoms with E-state index in [4.69, 9.17) is 9.47 Å². The second kappa shape index (κ2) is 9.00. The van der Waals surface area contributed by atoms with Gasteiger partial charge in [-0.3, -0.25) is 4.79 Å². The highest BCUT2D eigenvalue weighted by molar-refractivity contribution is 6.09. The second-order valence-corrected chi connectivity index (χ2v) is 9.28. The Morgan fingerprint density at radius 1 is 1.06 bits per heavy atom. The lowest BCUT2D eigenvalue weighted by atomic mass is 9.72. The van der Waals surface area contributed by atoms with E-state index in [0.717, 1.165) is 48.0 Å². The summed E-state index contributed by atoms with van der Waals surface area (Å²) in [7, 11) is 0. The Labute approximate surface area is 194 Å². The zero-order valence-electron chi connectivity index (χ0n) is 19.6.